The molecule has 8 heteroatoms. The molecule has 0 amide bonds. The Morgan fingerprint density at radius 3 is 2.83 bits per heavy atom. The Morgan fingerprint density at radius 2 is 2.17 bits per heavy atom. The average Bonchev–Trinajstić information content (AvgIpc) is 2.76. The van der Waals surface area contributed by atoms with Gasteiger partial charge in [-0.15, -0.1) is 0 Å². The van der Waals surface area contributed by atoms with Crippen LogP contribution in [0, 0.1) is 0 Å². The lowest BCUT2D eigenvalue weighted by molar-refractivity contribution is 0.0868. The molecule has 2 rings (SSSR count). The van der Waals surface area contributed by atoms with Gasteiger partial charge in [0.15, 0.2) is 0 Å². The first-order valence-electron chi connectivity index (χ1n) is 5.50. The Bertz CT molecular complexity index is 574. The van der Waals surface area contributed by atoms with Gasteiger partial charge in [0.05, 0.1) is 25.6 Å². The number of aliphatic hydroxyl groups excluding tert-OH is 2. The van der Waals surface area contributed by atoms with E-state index in [1.54, 1.807) is 11.9 Å². The van der Waals surface area contributed by atoms with Crippen LogP contribution in [0.25, 0.3) is 11.0 Å². The number of nitrogens with zero attached hydrogens (tertiary/aromatic N) is 3. The van der Waals surface area contributed by atoms with Crippen molar-refractivity contribution < 1.29 is 10.2 Å². The van der Waals surface area contributed by atoms with Crippen molar-refractivity contribution in [3.8, 4) is 0 Å². The summed E-state index contributed by atoms with van der Waals surface area (Å²) in [6.45, 7) is 0.0783. The minimum atomic E-state index is -0.362. The van der Waals surface area contributed by atoms with Crippen molar-refractivity contribution in [1.29, 1.82) is 0 Å². The number of H-pyrrole nitrogens is 2. The molecule has 8 nitrogen and oxygen atoms in total. The third kappa shape index (κ3) is 2.26. The molecule has 2 aromatic heterocycles. The van der Waals surface area contributed by atoms with Gasteiger partial charge in [-0.05, 0) is 7.05 Å². The van der Waals surface area contributed by atoms with Gasteiger partial charge in [-0.25, -0.2) is 4.98 Å². The van der Waals surface area contributed by atoms with Crippen LogP contribution < -0.4 is 5.56 Å². The van der Waals surface area contributed by atoms with E-state index in [4.69, 9.17) is 10.2 Å². The van der Waals surface area contributed by atoms with Gasteiger partial charge in [0.25, 0.3) is 5.56 Å². The summed E-state index contributed by atoms with van der Waals surface area (Å²) < 4.78 is 0. The lowest BCUT2D eigenvalue weighted by atomic mass is 10.2. The predicted octanol–water partition coefficient (Wildman–Crippen LogP) is -1.57. The van der Waals surface area contributed by atoms with Crippen molar-refractivity contribution >= 4 is 11.0 Å². The SMILES string of the molecule is CN(Cc1n[nH]c2c(=O)[nH]cnc12)C(CO)CO. The van der Waals surface area contributed by atoms with E-state index in [1.807, 2.05) is 0 Å². The third-order valence-corrected chi connectivity index (χ3v) is 2.87. The molecule has 0 aliphatic rings. The van der Waals surface area contributed by atoms with E-state index in [2.05, 4.69) is 20.2 Å². The van der Waals surface area contributed by atoms with Crippen molar-refractivity contribution in [3.05, 3.63) is 22.4 Å². The predicted molar refractivity (Wildman–Crippen MR) is 63.9 cm³/mol. The number of aromatic amines is 2. The molecule has 0 bridgehead atoms. The summed E-state index contributed by atoms with van der Waals surface area (Å²) in [6.07, 6.45) is 1.32. The van der Waals surface area contributed by atoms with Gasteiger partial charge < -0.3 is 15.2 Å². The summed E-state index contributed by atoms with van der Waals surface area (Å²) in [4.78, 5) is 19.7. The van der Waals surface area contributed by atoms with Crippen LogP contribution in [0.2, 0.25) is 0 Å². The lowest BCUT2D eigenvalue weighted by Gasteiger charge is -2.23. The number of nitrogens with one attached hydrogen (secondary N) is 2. The van der Waals surface area contributed by atoms with Crippen molar-refractivity contribution in [2.45, 2.75) is 12.6 Å². The van der Waals surface area contributed by atoms with E-state index in [0.717, 1.165) is 0 Å². The van der Waals surface area contributed by atoms with Crippen LogP contribution in [0.5, 0.6) is 0 Å². The second-order valence-electron chi connectivity index (χ2n) is 4.06. The van der Waals surface area contributed by atoms with Gasteiger partial charge in [-0.3, -0.25) is 14.8 Å². The van der Waals surface area contributed by atoms with Crippen LogP contribution >= 0.6 is 0 Å². The molecule has 0 spiro atoms. The molecule has 18 heavy (non-hydrogen) atoms. The van der Waals surface area contributed by atoms with Gasteiger partial charge in [-0.1, -0.05) is 0 Å². The average molecular weight is 253 g/mol. The first-order chi connectivity index (χ1) is 8.67. The Morgan fingerprint density at radius 1 is 1.44 bits per heavy atom. The minimum Gasteiger partial charge on any atom is -0.395 e. The van der Waals surface area contributed by atoms with Crippen LogP contribution in [0.4, 0.5) is 0 Å². The fourth-order valence-electron chi connectivity index (χ4n) is 1.71. The molecule has 0 atom stereocenters. The molecule has 0 aliphatic carbocycles. The molecular formula is C10H15N5O3. The number of aromatic nitrogens is 4. The molecule has 0 aromatic carbocycles. The smallest absolute Gasteiger partial charge is 0.276 e. The molecule has 2 heterocycles. The number of rotatable bonds is 5. The van der Waals surface area contributed by atoms with Gasteiger partial charge in [-0.2, -0.15) is 5.10 Å². The quantitative estimate of drug-likeness (QED) is 0.511. The Balaban J connectivity index is 2.27. The maximum absolute atomic E-state index is 11.5. The number of hydrogen-bond acceptors (Lipinski definition) is 6. The zero-order chi connectivity index (χ0) is 13.1. The number of aliphatic hydroxyl groups is 2. The van der Waals surface area contributed by atoms with Crippen LogP contribution in [0.1, 0.15) is 5.69 Å². The molecule has 0 unspecified atom stereocenters. The van der Waals surface area contributed by atoms with E-state index < -0.39 is 0 Å². The second-order valence-corrected chi connectivity index (χ2v) is 4.06. The summed E-state index contributed by atoms with van der Waals surface area (Å²) in [7, 11) is 1.75. The van der Waals surface area contributed by atoms with E-state index in [1.165, 1.54) is 6.33 Å². The lowest BCUT2D eigenvalue weighted by Crippen LogP contribution is -2.37. The first kappa shape index (κ1) is 12.7. The highest BCUT2D eigenvalue weighted by Crippen LogP contribution is 2.11. The standard InChI is InChI=1S/C10H15N5O3/c1-15(6(3-16)4-17)2-7-8-9(14-13-7)10(18)12-5-11-8/h5-6,16-17H,2-4H2,1H3,(H,13,14)(H,11,12,18). The summed E-state index contributed by atoms with van der Waals surface area (Å²) in [6, 6.07) is -0.362. The molecular weight excluding hydrogens is 238 g/mol. The highest BCUT2D eigenvalue weighted by molar-refractivity contribution is 5.75. The minimum absolute atomic E-state index is 0.149. The topological polar surface area (TPSA) is 118 Å². The van der Waals surface area contributed by atoms with Crippen molar-refractivity contribution in [2.75, 3.05) is 20.3 Å². The van der Waals surface area contributed by atoms with Gasteiger partial charge in [0.1, 0.15) is 16.7 Å². The largest absolute Gasteiger partial charge is 0.395 e. The van der Waals surface area contributed by atoms with E-state index >= 15 is 0 Å². The number of hydrogen-bond donors (Lipinski definition) is 4. The number of likely N-dealkylation sites (N-methyl/N-ethyl adjacent to an activating group) is 1. The summed E-state index contributed by atoms with van der Waals surface area (Å²) in [5.74, 6) is 0. The maximum atomic E-state index is 11.5. The highest BCUT2D eigenvalue weighted by atomic mass is 16.3. The van der Waals surface area contributed by atoms with Crippen molar-refractivity contribution in [1.82, 2.24) is 25.1 Å². The van der Waals surface area contributed by atoms with Crippen molar-refractivity contribution in [3.63, 3.8) is 0 Å². The second kappa shape index (κ2) is 5.25. The van der Waals surface area contributed by atoms with Gasteiger partial charge >= 0.3 is 0 Å². The van der Waals surface area contributed by atoms with Crippen LogP contribution in [0.3, 0.4) is 0 Å². The Kier molecular flexibility index (Phi) is 3.70. The van der Waals surface area contributed by atoms with Crippen LogP contribution in [-0.2, 0) is 6.54 Å². The van der Waals surface area contributed by atoms with Gasteiger partial charge in [0, 0.05) is 6.54 Å². The molecule has 0 aliphatic heterocycles. The normalized spacial score (nSPS) is 11.8. The summed E-state index contributed by atoms with van der Waals surface area (Å²) in [5.41, 5.74) is 1.15. The van der Waals surface area contributed by atoms with E-state index in [9.17, 15) is 4.79 Å². The van der Waals surface area contributed by atoms with Crippen LogP contribution in [0.15, 0.2) is 11.1 Å². The highest BCUT2D eigenvalue weighted by Gasteiger charge is 2.17. The fourth-order valence-corrected chi connectivity index (χ4v) is 1.71. The molecule has 2 aromatic rings. The monoisotopic (exact) mass is 253 g/mol. The van der Waals surface area contributed by atoms with Crippen molar-refractivity contribution in [2.24, 2.45) is 0 Å². The molecule has 0 radical (unpaired) electrons. The van der Waals surface area contributed by atoms with Crippen LogP contribution in [-0.4, -0.2) is 61.6 Å². The molecule has 4 N–H and O–H groups in total. The van der Waals surface area contributed by atoms with E-state index in [0.29, 0.717) is 23.3 Å². The zero-order valence-corrected chi connectivity index (χ0v) is 9.92. The van der Waals surface area contributed by atoms with Gasteiger partial charge in [0.2, 0.25) is 0 Å². The Hall–Kier alpha value is -1.77. The fraction of sp³-hybridized carbons (Fsp3) is 0.500. The molecule has 0 saturated carbocycles. The van der Waals surface area contributed by atoms with E-state index in [-0.39, 0.29) is 24.8 Å². The zero-order valence-electron chi connectivity index (χ0n) is 9.92. The molecule has 0 saturated heterocycles. The maximum Gasteiger partial charge on any atom is 0.276 e. The Labute approximate surface area is 102 Å². The summed E-state index contributed by atoms with van der Waals surface area (Å²) in [5, 5.41) is 24.8. The third-order valence-electron chi connectivity index (χ3n) is 2.87. The molecule has 0 fully saturated rings. The molecule has 98 valence electrons. The number of fused-ring (bicyclic) bond motifs is 1. The first-order valence-corrected chi connectivity index (χ1v) is 5.50. The summed E-state index contributed by atoms with van der Waals surface area (Å²) >= 11 is 0.